The van der Waals surface area contributed by atoms with Gasteiger partial charge < -0.3 is 25.6 Å². The van der Waals surface area contributed by atoms with Gasteiger partial charge in [0.15, 0.2) is 0 Å². The molecule has 1 aromatic rings. The fourth-order valence-corrected chi connectivity index (χ4v) is 4.04. The average molecular weight is 488 g/mol. The lowest BCUT2D eigenvalue weighted by molar-refractivity contribution is -0.148. The zero-order valence-corrected chi connectivity index (χ0v) is 20.3. The van der Waals surface area contributed by atoms with Crippen molar-refractivity contribution in [2.24, 2.45) is 5.92 Å². The molecule has 35 heavy (non-hydrogen) atoms. The summed E-state index contributed by atoms with van der Waals surface area (Å²) < 4.78 is 5.79. The second-order valence-corrected chi connectivity index (χ2v) is 9.14. The normalized spacial score (nSPS) is 22.6. The van der Waals surface area contributed by atoms with Crippen molar-refractivity contribution >= 4 is 29.5 Å². The maximum atomic E-state index is 13.3. The second kappa shape index (κ2) is 11.8. The van der Waals surface area contributed by atoms with E-state index < -0.39 is 42.1 Å². The third kappa shape index (κ3) is 6.78. The van der Waals surface area contributed by atoms with Gasteiger partial charge in [0.1, 0.15) is 24.4 Å². The van der Waals surface area contributed by atoms with Crippen LogP contribution < -0.4 is 20.7 Å². The fraction of sp³-hybridized carbons (Fsp3) is 0.542. The Kier molecular flexibility index (Phi) is 8.80. The first-order valence-electron chi connectivity index (χ1n) is 11.8. The van der Waals surface area contributed by atoms with E-state index in [9.17, 15) is 24.0 Å². The number of benzene rings is 1. The van der Waals surface area contributed by atoms with Gasteiger partial charge in [-0.25, -0.2) is 0 Å². The Balaban J connectivity index is 1.94. The number of para-hydroxylation sites is 1. The second-order valence-electron chi connectivity index (χ2n) is 9.14. The number of rotatable bonds is 3. The van der Waals surface area contributed by atoms with Gasteiger partial charge in [0.05, 0.1) is 25.1 Å². The maximum absolute atomic E-state index is 13.3. The summed E-state index contributed by atoms with van der Waals surface area (Å²) in [6.45, 7) is 4.80. The molecule has 0 spiro atoms. The van der Waals surface area contributed by atoms with Crippen LogP contribution in [0.15, 0.2) is 24.3 Å². The number of imide groups is 1. The highest BCUT2D eigenvalue weighted by atomic mass is 16.5. The van der Waals surface area contributed by atoms with Crippen LogP contribution in [0.4, 0.5) is 0 Å². The minimum atomic E-state index is -1.30. The van der Waals surface area contributed by atoms with Crippen LogP contribution in [0.5, 0.6) is 5.75 Å². The summed E-state index contributed by atoms with van der Waals surface area (Å²) >= 11 is 0. The van der Waals surface area contributed by atoms with Gasteiger partial charge in [-0.15, -0.1) is 0 Å². The highest BCUT2D eigenvalue weighted by molar-refractivity contribution is 6.05. The van der Waals surface area contributed by atoms with Crippen molar-refractivity contribution < 1.29 is 28.7 Å². The molecule has 1 fully saturated rings. The first kappa shape index (κ1) is 26.1. The molecule has 0 saturated carbocycles. The summed E-state index contributed by atoms with van der Waals surface area (Å²) in [5.41, 5.74) is 0.182. The lowest BCUT2D eigenvalue weighted by Gasteiger charge is -2.30. The van der Waals surface area contributed by atoms with E-state index in [4.69, 9.17) is 4.74 Å². The van der Waals surface area contributed by atoms with E-state index in [1.165, 1.54) is 4.90 Å². The first-order valence-corrected chi connectivity index (χ1v) is 11.8. The van der Waals surface area contributed by atoms with Crippen LogP contribution >= 0.6 is 0 Å². The number of carbonyl (C=O) groups is 5. The van der Waals surface area contributed by atoms with Crippen LogP contribution in [0.3, 0.4) is 0 Å². The van der Waals surface area contributed by atoms with Gasteiger partial charge in [-0.05, 0) is 24.5 Å². The molecule has 190 valence electrons. The Morgan fingerprint density at radius 3 is 2.57 bits per heavy atom. The van der Waals surface area contributed by atoms with Crippen molar-refractivity contribution in [2.45, 2.75) is 38.8 Å². The predicted octanol–water partition coefficient (Wildman–Crippen LogP) is -0.485. The van der Waals surface area contributed by atoms with Crippen molar-refractivity contribution in [3.8, 4) is 5.75 Å². The molecule has 0 unspecified atom stereocenters. The Morgan fingerprint density at radius 1 is 1.11 bits per heavy atom. The molecule has 1 saturated heterocycles. The Morgan fingerprint density at radius 2 is 1.86 bits per heavy atom. The van der Waals surface area contributed by atoms with Gasteiger partial charge >= 0.3 is 0 Å². The molecular formula is C24H33N5O6. The van der Waals surface area contributed by atoms with E-state index in [0.717, 1.165) is 4.90 Å². The third-order valence-electron chi connectivity index (χ3n) is 5.88. The van der Waals surface area contributed by atoms with Gasteiger partial charge in [-0.2, -0.15) is 0 Å². The molecule has 2 aliphatic rings. The monoisotopic (exact) mass is 487 g/mol. The molecule has 1 aromatic carbocycles. The molecule has 11 nitrogen and oxygen atoms in total. The van der Waals surface area contributed by atoms with Crippen LogP contribution in [0, 0.1) is 5.92 Å². The Bertz CT molecular complexity index is 981. The van der Waals surface area contributed by atoms with Crippen molar-refractivity contribution in [1.82, 2.24) is 25.8 Å². The molecule has 3 rings (SSSR count). The molecule has 5 amide bonds. The lowest BCUT2D eigenvalue weighted by Crippen LogP contribution is -2.58. The maximum Gasteiger partial charge on any atom is 0.255 e. The van der Waals surface area contributed by atoms with Crippen molar-refractivity contribution in [1.29, 1.82) is 0 Å². The van der Waals surface area contributed by atoms with E-state index in [2.05, 4.69) is 16.0 Å². The van der Waals surface area contributed by atoms with Crippen LogP contribution in [-0.2, 0) is 19.2 Å². The van der Waals surface area contributed by atoms with Gasteiger partial charge in [-0.3, -0.25) is 28.9 Å². The van der Waals surface area contributed by atoms with Crippen LogP contribution in [0.1, 0.15) is 37.0 Å². The Hall–Kier alpha value is -3.47. The highest BCUT2D eigenvalue weighted by Gasteiger charge is 2.35. The molecule has 0 aliphatic carbocycles. The summed E-state index contributed by atoms with van der Waals surface area (Å²) in [5.74, 6) is -2.14. The average Bonchev–Trinajstić information content (AvgIpc) is 2.82. The van der Waals surface area contributed by atoms with Crippen LogP contribution in [0.2, 0.25) is 0 Å². The van der Waals surface area contributed by atoms with Gasteiger partial charge in [-0.1, -0.05) is 26.0 Å². The Labute approximate surface area is 204 Å². The SMILES string of the molecule is CC(C)C[C@@H]1NC(=O)C[C@@H](C(=O)N2CCNCC2=O)NC(=O)c2ccccc2OCCN(C)C1=O. The number of carbonyl (C=O) groups excluding carboxylic acids is 5. The number of hydrogen-bond acceptors (Lipinski definition) is 7. The van der Waals surface area contributed by atoms with Crippen molar-refractivity contribution in [3.05, 3.63) is 29.8 Å². The number of likely N-dealkylation sites (N-methyl/N-ethyl adjacent to an activating group) is 1. The summed E-state index contributed by atoms with van der Waals surface area (Å²) in [5, 5.41) is 8.22. The smallest absolute Gasteiger partial charge is 0.255 e. The molecule has 2 atom stereocenters. The number of fused-ring (bicyclic) bond motifs is 1. The van der Waals surface area contributed by atoms with Gasteiger partial charge in [0, 0.05) is 20.1 Å². The van der Waals surface area contributed by atoms with Gasteiger partial charge in [0.25, 0.3) is 11.8 Å². The van der Waals surface area contributed by atoms with E-state index in [1.54, 1.807) is 31.3 Å². The number of ether oxygens (including phenoxy) is 1. The third-order valence-corrected chi connectivity index (χ3v) is 5.88. The number of amides is 5. The number of nitrogens with zero attached hydrogens (tertiary/aromatic N) is 2. The fourth-order valence-electron chi connectivity index (χ4n) is 4.04. The number of hydrogen-bond donors (Lipinski definition) is 3. The van der Waals surface area contributed by atoms with E-state index in [0.29, 0.717) is 13.0 Å². The minimum Gasteiger partial charge on any atom is -0.491 e. The van der Waals surface area contributed by atoms with Crippen LogP contribution in [0.25, 0.3) is 0 Å². The molecule has 11 heteroatoms. The van der Waals surface area contributed by atoms with E-state index >= 15 is 0 Å². The lowest BCUT2D eigenvalue weighted by atomic mass is 10.0. The van der Waals surface area contributed by atoms with Crippen molar-refractivity contribution in [2.75, 3.05) is 39.8 Å². The highest BCUT2D eigenvalue weighted by Crippen LogP contribution is 2.19. The summed E-state index contributed by atoms with van der Waals surface area (Å²) in [6, 6.07) is 4.43. The molecule has 3 N–H and O–H groups in total. The molecule has 0 aromatic heterocycles. The molecular weight excluding hydrogens is 454 g/mol. The topological polar surface area (TPSA) is 137 Å². The molecule has 2 aliphatic heterocycles. The zero-order chi connectivity index (χ0) is 25.5. The van der Waals surface area contributed by atoms with Crippen molar-refractivity contribution in [3.63, 3.8) is 0 Å². The zero-order valence-electron chi connectivity index (χ0n) is 20.3. The summed E-state index contributed by atoms with van der Waals surface area (Å²) in [7, 11) is 1.62. The molecule has 2 heterocycles. The standard InChI is InChI=1S/C24H33N5O6/c1-15(2)12-17-23(33)28(3)10-11-35-19-7-5-4-6-16(19)22(32)27-18(13-20(30)26-17)24(34)29-9-8-25-14-21(29)31/h4-7,15,17-18,25H,8-14H2,1-3H3,(H,26,30)(H,27,32)/t17-,18-/m0/s1. The van der Waals surface area contributed by atoms with E-state index in [1.807, 2.05) is 13.8 Å². The molecule has 0 bridgehead atoms. The van der Waals surface area contributed by atoms with Gasteiger partial charge in [0.2, 0.25) is 17.7 Å². The quantitative estimate of drug-likeness (QED) is 0.490. The van der Waals surface area contributed by atoms with E-state index in [-0.39, 0.29) is 49.4 Å². The number of nitrogens with one attached hydrogen (secondary N) is 3. The summed E-state index contributed by atoms with van der Waals surface area (Å²) in [6.07, 6.45) is -0.0176. The minimum absolute atomic E-state index is 0.00737. The first-order chi connectivity index (χ1) is 16.7. The number of piperazine rings is 1. The predicted molar refractivity (Wildman–Crippen MR) is 126 cm³/mol. The summed E-state index contributed by atoms with van der Waals surface area (Å²) in [4.78, 5) is 67.3. The molecule has 0 radical (unpaired) electrons. The van der Waals surface area contributed by atoms with Crippen LogP contribution in [-0.4, -0.2) is 91.3 Å². The largest absolute Gasteiger partial charge is 0.491 e.